The number of likely N-dealkylation sites (tertiary alicyclic amines) is 1. The van der Waals surface area contributed by atoms with Gasteiger partial charge in [-0.15, -0.1) is 0 Å². The topological polar surface area (TPSA) is 75.4 Å². The van der Waals surface area contributed by atoms with Crippen LogP contribution >= 0.6 is 0 Å². The minimum absolute atomic E-state index is 0.292. The minimum Gasteiger partial charge on any atom is -0.351 e. The van der Waals surface area contributed by atoms with Crippen molar-refractivity contribution in [3.05, 3.63) is 0 Å². The van der Waals surface area contributed by atoms with Crippen LogP contribution < -0.4 is 11.1 Å². The van der Waals surface area contributed by atoms with Crippen LogP contribution in [0.15, 0.2) is 0 Å². The van der Waals surface area contributed by atoms with Crippen molar-refractivity contribution >= 4 is 11.9 Å². The van der Waals surface area contributed by atoms with E-state index < -0.39 is 6.03 Å². The molecule has 5 heteroatoms. The number of primary amides is 1. The summed E-state index contributed by atoms with van der Waals surface area (Å²) in [6, 6.07) is -0.772. The molecule has 0 atom stereocenters. The highest BCUT2D eigenvalue weighted by Gasteiger charge is 2.12. The molecule has 1 rings (SSSR count). The molecule has 0 spiro atoms. The third-order valence-corrected chi connectivity index (χ3v) is 2.12. The standard InChI is InChI=1S/C8H15N3O2/c9-8(13)10-7(12)3-6-11-4-1-2-5-11/h1-6H2,(H3,9,10,12,13). The number of imide groups is 1. The zero-order valence-corrected chi connectivity index (χ0v) is 7.58. The Morgan fingerprint density at radius 1 is 1.31 bits per heavy atom. The van der Waals surface area contributed by atoms with Gasteiger partial charge in [-0.25, -0.2) is 4.79 Å². The van der Waals surface area contributed by atoms with Crippen LogP contribution in [-0.4, -0.2) is 36.5 Å². The van der Waals surface area contributed by atoms with Gasteiger partial charge in [0.15, 0.2) is 0 Å². The largest absolute Gasteiger partial charge is 0.351 e. The summed E-state index contributed by atoms with van der Waals surface area (Å²) in [5.41, 5.74) is 4.79. The Morgan fingerprint density at radius 2 is 1.92 bits per heavy atom. The van der Waals surface area contributed by atoms with Crippen molar-refractivity contribution in [2.24, 2.45) is 5.73 Å². The summed E-state index contributed by atoms with van der Waals surface area (Å²) in [5, 5.41) is 2.04. The fourth-order valence-corrected chi connectivity index (χ4v) is 1.47. The van der Waals surface area contributed by atoms with Gasteiger partial charge in [-0.05, 0) is 25.9 Å². The summed E-state index contributed by atoms with van der Waals surface area (Å²) in [6.07, 6.45) is 2.76. The van der Waals surface area contributed by atoms with E-state index in [9.17, 15) is 9.59 Å². The highest BCUT2D eigenvalue weighted by molar-refractivity contribution is 5.93. The third kappa shape index (κ3) is 3.89. The van der Waals surface area contributed by atoms with E-state index in [2.05, 4.69) is 4.90 Å². The maximum absolute atomic E-state index is 11.0. The Bertz CT molecular complexity index is 200. The van der Waals surface area contributed by atoms with Crippen LogP contribution in [0, 0.1) is 0 Å². The molecule has 1 aliphatic rings. The third-order valence-electron chi connectivity index (χ3n) is 2.12. The van der Waals surface area contributed by atoms with Gasteiger partial charge in [-0.2, -0.15) is 0 Å². The van der Waals surface area contributed by atoms with Gasteiger partial charge in [0.25, 0.3) is 0 Å². The summed E-state index contributed by atoms with van der Waals surface area (Å²) in [5.74, 6) is -0.292. The highest BCUT2D eigenvalue weighted by atomic mass is 16.2. The van der Waals surface area contributed by atoms with Crippen LogP contribution in [0.3, 0.4) is 0 Å². The van der Waals surface area contributed by atoms with Gasteiger partial charge >= 0.3 is 6.03 Å². The molecule has 0 saturated carbocycles. The molecule has 3 N–H and O–H groups in total. The number of hydrogen-bond donors (Lipinski definition) is 2. The molecule has 1 aliphatic heterocycles. The summed E-state index contributed by atoms with van der Waals surface area (Å²) in [4.78, 5) is 23.5. The van der Waals surface area contributed by atoms with Crippen molar-refractivity contribution in [2.45, 2.75) is 19.3 Å². The van der Waals surface area contributed by atoms with E-state index in [1.54, 1.807) is 0 Å². The lowest BCUT2D eigenvalue weighted by molar-refractivity contribution is -0.120. The molecule has 0 aromatic rings. The van der Waals surface area contributed by atoms with Crippen molar-refractivity contribution in [2.75, 3.05) is 19.6 Å². The van der Waals surface area contributed by atoms with E-state index in [0.717, 1.165) is 19.6 Å². The smallest absolute Gasteiger partial charge is 0.318 e. The van der Waals surface area contributed by atoms with E-state index in [-0.39, 0.29) is 5.91 Å². The van der Waals surface area contributed by atoms with Gasteiger partial charge in [-0.1, -0.05) is 0 Å². The maximum atomic E-state index is 11.0. The summed E-state index contributed by atoms with van der Waals surface area (Å²) < 4.78 is 0. The van der Waals surface area contributed by atoms with E-state index >= 15 is 0 Å². The SMILES string of the molecule is NC(=O)NC(=O)CCN1CCCC1. The van der Waals surface area contributed by atoms with Crippen molar-refractivity contribution < 1.29 is 9.59 Å². The average molecular weight is 185 g/mol. The first kappa shape index (κ1) is 9.98. The monoisotopic (exact) mass is 185 g/mol. The molecule has 0 aromatic carbocycles. The lowest BCUT2D eigenvalue weighted by atomic mass is 10.4. The Hall–Kier alpha value is -1.10. The number of carbonyl (C=O) groups is 2. The van der Waals surface area contributed by atoms with Crippen molar-refractivity contribution in [3.63, 3.8) is 0 Å². The second-order valence-corrected chi connectivity index (χ2v) is 3.21. The van der Waals surface area contributed by atoms with Gasteiger partial charge < -0.3 is 10.6 Å². The minimum atomic E-state index is -0.772. The number of carbonyl (C=O) groups excluding carboxylic acids is 2. The molecule has 0 aromatic heterocycles. The van der Waals surface area contributed by atoms with E-state index in [0.29, 0.717) is 6.42 Å². The number of urea groups is 1. The Balaban J connectivity index is 2.10. The predicted molar refractivity (Wildman–Crippen MR) is 48.0 cm³/mol. The number of nitrogens with two attached hydrogens (primary N) is 1. The lowest BCUT2D eigenvalue weighted by Gasteiger charge is -2.12. The second kappa shape index (κ2) is 4.81. The van der Waals surface area contributed by atoms with Crippen LogP contribution in [0.2, 0.25) is 0 Å². The van der Waals surface area contributed by atoms with E-state index in [4.69, 9.17) is 5.73 Å². The van der Waals surface area contributed by atoms with Crippen LogP contribution in [-0.2, 0) is 4.79 Å². The fourth-order valence-electron chi connectivity index (χ4n) is 1.47. The first-order valence-electron chi connectivity index (χ1n) is 4.50. The number of nitrogens with one attached hydrogen (secondary N) is 1. The van der Waals surface area contributed by atoms with Gasteiger partial charge in [-0.3, -0.25) is 10.1 Å². The van der Waals surface area contributed by atoms with E-state index in [1.807, 2.05) is 5.32 Å². The molecule has 0 radical (unpaired) electrons. The first-order valence-corrected chi connectivity index (χ1v) is 4.50. The molecule has 1 fully saturated rings. The number of nitrogens with zero attached hydrogens (tertiary/aromatic N) is 1. The molecule has 0 unspecified atom stereocenters. The predicted octanol–water partition coefficient (Wildman–Crippen LogP) is -0.333. The Kier molecular flexibility index (Phi) is 3.70. The quantitative estimate of drug-likeness (QED) is 0.632. The number of hydrogen-bond acceptors (Lipinski definition) is 3. The van der Waals surface area contributed by atoms with Crippen molar-refractivity contribution in [1.29, 1.82) is 0 Å². The van der Waals surface area contributed by atoms with Crippen molar-refractivity contribution in [3.8, 4) is 0 Å². The average Bonchev–Trinajstić information content (AvgIpc) is 2.51. The number of amides is 3. The molecule has 0 bridgehead atoms. The first-order chi connectivity index (χ1) is 6.18. The van der Waals surface area contributed by atoms with Crippen molar-refractivity contribution in [1.82, 2.24) is 10.2 Å². The normalized spacial score (nSPS) is 17.2. The molecule has 0 aliphatic carbocycles. The Labute approximate surface area is 77.3 Å². The molecule has 3 amide bonds. The van der Waals surface area contributed by atoms with Crippen LogP contribution in [0.5, 0.6) is 0 Å². The van der Waals surface area contributed by atoms with Crippen LogP contribution in [0.1, 0.15) is 19.3 Å². The van der Waals surface area contributed by atoms with Crippen LogP contribution in [0.25, 0.3) is 0 Å². The van der Waals surface area contributed by atoms with Crippen LogP contribution in [0.4, 0.5) is 4.79 Å². The lowest BCUT2D eigenvalue weighted by Crippen LogP contribution is -2.36. The van der Waals surface area contributed by atoms with E-state index in [1.165, 1.54) is 12.8 Å². The molecule has 74 valence electrons. The summed E-state index contributed by atoms with van der Waals surface area (Å²) in [6.45, 7) is 2.84. The molecule has 13 heavy (non-hydrogen) atoms. The fraction of sp³-hybridized carbons (Fsp3) is 0.750. The zero-order chi connectivity index (χ0) is 9.68. The Morgan fingerprint density at radius 3 is 2.46 bits per heavy atom. The second-order valence-electron chi connectivity index (χ2n) is 3.21. The highest BCUT2D eigenvalue weighted by Crippen LogP contribution is 2.06. The van der Waals surface area contributed by atoms with Gasteiger partial charge in [0.1, 0.15) is 0 Å². The summed E-state index contributed by atoms with van der Waals surface area (Å²) in [7, 11) is 0. The molecule has 1 saturated heterocycles. The molecular weight excluding hydrogens is 170 g/mol. The molecular formula is C8H15N3O2. The zero-order valence-electron chi connectivity index (χ0n) is 7.58. The molecule has 1 heterocycles. The maximum Gasteiger partial charge on any atom is 0.318 e. The van der Waals surface area contributed by atoms with Gasteiger partial charge in [0, 0.05) is 13.0 Å². The summed E-state index contributed by atoms with van der Waals surface area (Å²) >= 11 is 0. The van der Waals surface area contributed by atoms with Gasteiger partial charge in [0.2, 0.25) is 5.91 Å². The number of rotatable bonds is 3. The molecule has 5 nitrogen and oxygen atoms in total. The van der Waals surface area contributed by atoms with Gasteiger partial charge in [0.05, 0.1) is 0 Å².